The second-order valence-corrected chi connectivity index (χ2v) is 17.1. The molecule has 1 aromatic heterocycles. The number of rotatable bonds is 21. The Hall–Kier alpha value is -7.59. The maximum atomic E-state index is 5.91. The quantitative estimate of drug-likeness (QED) is 0.0529. The Kier molecular flexibility index (Phi) is 19.5. The zero-order valence-corrected chi connectivity index (χ0v) is 40.5. The van der Waals surface area contributed by atoms with E-state index in [4.69, 9.17) is 29.2 Å². The molecule has 0 saturated heterocycles. The maximum Gasteiger partial charge on any atom is 0.164 e. The summed E-state index contributed by atoms with van der Waals surface area (Å²) >= 11 is 0. The Morgan fingerprint density at radius 3 is 0.710 bits per heavy atom. The van der Waals surface area contributed by atoms with Gasteiger partial charge in [0, 0.05) is 50.1 Å². The van der Waals surface area contributed by atoms with Crippen molar-refractivity contribution in [2.24, 2.45) is 0 Å². The SMILES string of the molecule is CCCCCCOc1ccc(C#Cc2ccc(-c3nc(-c4ccc(C#Cc5ccc(OCCCCCC)cc5)cc4)nc(-c4ccc(C#Cc5ccc(OCCCCCC)cc5)cc4)n3)cc2)cc1. The van der Waals surface area contributed by atoms with Gasteiger partial charge in [-0.15, -0.1) is 0 Å². The molecular weight excluding hydrogens is 847 g/mol. The van der Waals surface area contributed by atoms with Crippen molar-refractivity contribution >= 4 is 0 Å². The van der Waals surface area contributed by atoms with E-state index in [9.17, 15) is 0 Å². The minimum Gasteiger partial charge on any atom is -0.494 e. The zero-order chi connectivity index (χ0) is 47.7. The lowest BCUT2D eigenvalue weighted by Gasteiger charge is -2.09. The van der Waals surface area contributed by atoms with Crippen LogP contribution in [0.2, 0.25) is 0 Å². The van der Waals surface area contributed by atoms with Gasteiger partial charge < -0.3 is 14.2 Å². The average molecular weight is 910 g/mol. The summed E-state index contributed by atoms with van der Waals surface area (Å²) in [5.74, 6) is 24.1. The number of hydrogen-bond donors (Lipinski definition) is 0. The molecule has 0 N–H and O–H groups in total. The van der Waals surface area contributed by atoms with E-state index < -0.39 is 0 Å². The molecule has 0 aliphatic heterocycles. The molecule has 0 radical (unpaired) electrons. The molecule has 0 aliphatic rings. The highest BCUT2D eigenvalue weighted by Crippen LogP contribution is 2.26. The first-order valence-corrected chi connectivity index (χ1v) is 24.9. The van der Waals surface area contributed by atoms with E-state index in [2.05, 4.69) is 56.3 Å². The number of ether oxygens (including phenoxy) is 3. The maximum absolute atomic E-state index is 5.91. The summed E-state index contributed by atoms with van der Waals surface area (Å²) in [7, 11) is 0. The minimum absolute atomic E-state index is 0.564. The van der Waals surface area contributed by atoms with Crippen LogP contribution >= 0.6 is 0 Å². The van der Waals surface area contributed by atoms with E-state index in [1.54, 1.807) is 0 Å². The molecule has 1 heterocycles. The molecule has 0 atom stereocenters. The first-order valence-electron chi connectivity index (χ1n) is 24.9. The third kappa shape index (κ3) is 16.3. The monoisotopic (exact) mass is 909 g/mol. The highest BCUT2D eigenvalue weighted by atomic mass is 16.5. The van der Waals surface area contributed by atoms with Gasteiger partial charge in [0.2, 0.25) is 0 Å². The fourth-order valence-corrected chi connectivity index (χ4v) is 7.36. The Morgan fingerprint density at radius 2 is 0.493 bits per heavy atom. The van der Waals surface area contributed by atoms with Gasteiger partial charge in [-0.3, -0.25) is 0 Å². The standard InChI is InChI=1S/C63H63N3O3/c1-4-7-10-13-46-67-58-40-28-52(29-41-58)19-16-49-22-34-55(35-23-49)61-64-62(56-36-24-50(25-37-56)17-20-53-30-42-59(43-31-53)68-47-14-11-8-5-2)66-63(65-61)57-38-26-51(27-39-57)18-21-54-32-44-60(45-33-54)69-48-15-12-9-6-3/h22-45H,4-15,46-48H2,1-3H3. The van der Waals surface area contributed by atoms with E-state index in [1.165, 1.54) is 57.8 Å². The molecule has 0 aliphatic carbocycles. The van der Waals surface area contributed by atoms with E-state index in [-0.39, 0.29) is 0 Å². The van der Waals surface area contributed by atoms with Crippen LogP contribution in [-0.4, -0.2) is 34.8 Å². The Labute approximate surface area is 411 Å². The summed E-state index contributed by atoms with van der Waals surface area (Å²) in [6.07, 6.45) is 14.2. The molecule has 0 fully saturated rings. The Morgan fingerprint density at radius 1 is 0.275 bits per heavy atom. The second kappa shape index (κ2) is 27.3. The predicted molar refractivity (Wildman–Crippen MR) is 282 cm³/mol. The Balaban J connectivity index is 1.07. The lowest BCUT2D eigenvalue weighted by molar-refractivity contribution is 0.305. The highest BCUT2D eigenvalue weighted by molar-refractivity contribution is 5.68. The molecule has 7 rings (SSSR count). The molecule has 0 bridgehead atoms. The van der Waals surface area contributed by atoms with Crippen LogP contribution in [0, 0.1) is 35.5 Å². The van der Waals surface area contributed by atoms with Gasteiger partial charge in [0.05, 0.1) is 19.8 Å². The molecule has 6 aromatic carbocycles. The summed E-state index contributed by atoms with van der Waals surface area (Å²) in [6, 6.07) is 48.1. The first-order chi connectivity index (χ1) is 34.0. The van der Waals surface area contributed by atoms with Crippen LogP contribution in [0.25, 0.3) is 34.2 Å². The molecule has 7 aromatic rings. The van der Waals surface area contributed by atoms with E-state index in [0.717, 1.165) is 106 Å². The lowest BCUT2D eigenvalue weighted by Crippen LogP contribution is -2.00. The van der Waals surface area contributed by atoms with Gasteiger partial charge in [-0.25, -0.2) is 15.0 Å². The van der Waals surface area contributed by atoms with Crippen LogP contribution in [0.15, 0.2) is 146 Å². The molecule has 6 heteroatoms. The lowest BCUT2D eigenvalue weighted by atomic mass is 10.1. The van der Waals surface area contributed by atoms with Crippen LogP contribution in [0.3, 0.4) is 0 Å². The Bertz CT molecular complexity index is 2510. The van der Waals surface area contributed by atoms with Crippen molar-refractivity contribution in [3.05, 3.63) is 179 Å². The van der Waals surface area contributed by atoms with Crippen molar-refractivity contribution in [2.75, 3.05) is 19.8 Å². The second-order valence-electron chi connectivity index (χ2n) is 17.1. The van der Waals surface area contributed by atoms with Crippen molar-refractivity contribution in [3.8, 4) is 86.9 Å². The fourth-order valence-electron chi connectivity index (χ4n) is 7.36. The average Bonchev–Trinajstić information content (AvgIpc) is 3.40. The summed E-state index contributed by atoms with van der Waals surface area (Å²) < 4.78 is 17.7. The summed E-state index contributed by atoms with van der Waals surface area (Å²) in [5.41, 5.74) is 8.03. The minimum atomic E-state index is 0.564. The molecule has 0 spiro atoms. The van der Waals surface area contributed by atoms with Gasteiger partial charge >= 0.3 is 0 Å². The van der Waals surface area contributed by atoms with Crippen molar-refractivity contribution in [1.29, 1.82) is 0 Å². The third-order valence-corrected chi connectivity index (χ3v) is 11.5. The number of nitrogens with zero attached hydrogens (tertiary/aromatic N) is 3. The molecule has 69 heavy (non-hydrogen) atoms. The van der Waals surface area contributed by atoms with Crippen LogP contribution in [0.4, 0.5) is 0 Å². The van der Waals surface area contributed by atoms with Gasteiger partial charge in [0.25, 0.3) is 0 Å². The van der Waals surface area contributed by atoms with Crippen molar-refractivity contribution in [2.45, 2.75) is 97.8 Å². The first kappa shape index (κ1) is 49.3. The summed E-state index contributed by atoms with van der Waals surface area (Å²) in [5, 5.41) is 0. The largest absolute Gasteiger partial charge is 0.494 e. The van der Waals surface area contributed by atoms with Crippen molar-refractivity contribution in [3.63, 3.8) is 0 Å². The smallest absolute Gasteiger partial charge is 0.164 e. The number of hydrogen-bond acceptors (Lipinski definition) is 6. The molecule has 6 nitrogen and oxygen atoms in total. The highest BCUT2D eigenvalue weighted by Gasteiger charge is 2.13. The van der Waals surface area contributed by atoms with Crippen molar-refractivity contribution in [1.82, 2.24) is 15.0 Å². The van der Waals surface area contributed by atoms with Gasteiger partial charge in [0.1, 0.15) is 17.2 Å². The van der Waals surface area contributed by atoms with Gasteiger partial charge in [-0.1, -0.05) is 114 Å². The normalized spacial score (nSPS) is 10.5. The number of aromatic nitrogens is 3. The summed E-state index contributed by atoms with van der Waals surface area (Å²) in [4.78, 5) is 15.0. The van der Waals surface area contributed by atoms with Crippen LogP contribution < -0.4 is 14.2 Å². The predicted octanol–water partition coefficient (Wildman–Crippen LogP) is 14.9. The van der Waals surface area contributed by atoms with Crippen LogP contribution in [0.1, 0.15) is 131 Å². The summed E-state index contributed by atoms with van der Waals surface area (Å²) in [6.45, 7) is 8.87. The number of unbranched alkanes of at least 4 members (excludes halogenated alkanes) is 9. The van der Waals surface area contributed by atoms with E-state index >= 15 is 0 Å². The zero-order valence-electron chi connectivity index (χ0n) is 40.5. The van der Waals surface area contributed by atoms with Gasteiger partial charge in [-0.2, -0.15) is 0 Å². The van der Waals surface area contributed by atoms with Crippen LogP contribution in [0.5, 0.6) is 17.2 Å². The fraction of sp³-hybridized carbons (Fsp3) is 0.286. The van der Waals surface area contributed by atoms with E-state index in [0.29, 0.717) is 17.5 Å². The van der Waals surface area contributed by atoms with E-state index in [1.807, 2.05) is 146 Å². The van der Waals surface area contributed by atoms with Crippen LogP contribution in [-0.2, 0) is 0 Å². The van der Waals surface area contributed by atoms with Gasteiger partial charge in [0.15, 0.2) is 17.5 Å². The molecule has 0 saturated carbocycles. The molecule has 0 amide bonds. The third-order valence-electron chi connectivity index (χ3n) is 11.5. The molecule has 0 unspecified atom stereocenters. The topological polar surface area (TPSA) is 66.4 Å². The molecular formula is C63H63N3O3. The molecule has 348 valence electrons. The van der Waals surface area contributed by atoms with Crippen molar-refractivity contribution < 1.29 is 14.2 Å². The van der Waals surface area contributed by atoms with Gasteiger partial charge in [-0.05, 0) is 165 Å². The number of benzene rings is 6.